The normalized spacial score (nSPS) is 11.1. The molecule has 0 N–H and O–H groups in total. The number of hydrogen-bond acceptors (Lipinski definition) is 0. The smallest absolute Gasteiger partial charge is 1.00 e. The zero-order valence-electron chi connectivity index (χ0n) is 15.2. The van der Waals surface area contributed by atoms with Gasteiger partial charge < -0.3 is 24.8 Å². The first-order chi connectivity index (χ1) is 8.84. The summed E-state index contributed by atoms with van der Waals surface area (Å²) in [6.07, 6.45) is 6.31. The molecule has 1 radical (unpaired) electrons. The molecule has 0 saturated heterocycles. The van der Waals surface area contributed by atoms with Crippen LogP contribution in [0.2, 0.25) is 13.1 Å². The minimum Gasteiger partial charge on any atom is -1.00 e. The summed E-state index contributed by atoms with van der Waals surface area (Å²) in [6.45, 7) is 17.3. The predicted octanol–water partition coefficient (Wildman–Crippen LogP) is -0.750. The molecule has 0 heterocycles. The van der Waals surface area contributed by atoms with Crippen molar-refractivity contribution in [2.75, 3.05) is 0 Å². The van der Waals surface area contributed by atoms with Crippen LogP contribution in [0.3, 0.4) is 0 Å². The maximum absolute atomic E-state index is 3.12. The summed E-state index contributed by atoms with van der Waals surface area (Å²) >= 11 is 0. The van der Waals surface area contributed by atoms with Crippen molar-refractivity contribution in [1.82, 2.24) is 0 Å². The average molecular weight is 436 g/mol. The Hall–Kier alpha value is 0.510. The van der Waals surface area contributed by atoms with Crippen LogP contribution >= 0.6 is 0 Å². The molecule has 0 nitrogen and oxygen atoms in total. The fourth-order valence-corrected chi connectivity index (χ4v) is 1.77. The van der Waals surface area contributed by atoms with Crippen LogP contribution in [0.15, 0.2) is 23.3 Å². The molecule has 2 rings (SSSR count). The fraction of sp³-hybridized carbons (Fsp3) is 0.500. The number of aryl methyl sites for hydroxylation is 2. The zero-order valence-corrected chi connectivity index (χ0v) is 20.3. The van der Waals surface area contributed by atoms with Gasteiger partial charge >= 0.3 is 26.2 Å². The molecule has 0 unspecified atom stereocenters. The largest absolute Gasteiger partial charge is 4.00 e. The fourth-order valence-electron chi connectivity index (χ4n) is 1.77. The number of allylic oxidation sites excluding steroid dienone is 4. The van der Waals surface area contributed by atoms with Gasteiger partial charge in [0.25, 0.3) is 0 Å². The molecule has 0 amide bonds. The van der Waals surface area contributed by atoms with Crippen molar-refractivity contribution in [2.45, 2.75) is 61.1 Å². The van der Waals surface area contributed by atoms with E-state index in [1.54, 1.807) is 0 Å². The van der Waals surface area contributed by atoms with Crippen LogP contribution < -0.4 is 24.8 Å². The van der Waals surface area contributed by atoms with E-state index in [4.69, 9.17) is 0 Å². The molecule has 1 aromatic carbocycles. The third-order valence-corrected chi connectivity index (χ3v) is 3.55. The molecule has 0 spiro atoms. The second kappa shape index (κ2) is 16.4. The van der Waals surface area contributed by atoms with E-state index in [0.29, 0.717) is 0 Å². The average Bonchev–Trinajstić information content (AvgIpc) is 2.82. The first kappa shape index (κ1) is 30.4. The summed E-state index contributed by atoms with van der Waals surface area (Å²) < 4.78 is 0. The van der Waals surface area contributed by atoms with E-state index in [1.165, 1.54) is 33.4 Å². The van der Waals surface area contributed by atoms with E-state index in [0.717, 1.165) is 15.9 Å². The second-order valence-electron chi connectivity index (χ2n) is 5.30. The van der Waals surface area contributed by atoms with E-state index in [9.17, 15) is 0 Å². The van der Waals surface area contributed by atoms with Gasteiger partial charge in [0.1, 0.15) is 0 Å². The maximum Gasteiger partial charge on any atom is 4.00 e. The van der Waals surface area contributed by atoms with Gasteiger partial charge in [-0.1, -0.05) is 54.1 Å². The minimum absolute atomic E-state index is 0. The Balaban J connectivity index is -0.000000114. The Labute approximate surface area is 172 Å². The van der Waals surface area contributed by atoms with Gasteiger partial charge in [-0.2, -0.15) is 34.4 Å². The third-order valence-electron chi connectivity index (χ3n) is 3.55. The SMILES string of the molecule is CC1=C(C)CC=[C-]1.C[SiH]C.Cc1[cH-]c(C)c(C)c1C.[Cl-].[Cl-].[Zr+4]. The van der Waals surface area contributed by atoms with Crippen LogP contribution in [-0.2, 0) is 26.2 Å². The molecule has 4 heteroatoms. The van der Waals surface area contributed by atoms with Crippen molar-refractivity contribution < 1.29 is 51.0 Å². The molecule has 0 aromatic heterocycles. The van der Waals surface area contributed by atoms with E-state index >= 15 is 0 Å². The molecule has 0 aliphatic heterocycles. The Morgan fingerprint density at radius 1 is 0.909 bits per heavy atom. The van der Waals surface area contributed by atoms with Crippen molar-refractivity contribution in [1.29, 1.82) is 0 Å². The van der Waals surface area contributed by atoms with Crippen molar-refractivity contribution in [3.63, 3.8) is 0 Å². The zero-order chi connectivity index (χ0) is 15.0. The summed E-state index contributed by atoms with van der Waals surface area (Å²) in [7, 11) is 0.750. The molecule has 0 saturated carbocycles. The summed E-state index contributed by atoms with van der Waals surface area (Å²) in [5, 5.41) is 0. The van der Waals surface area contributed by atoms with Crippen LogP contribution in [0, 0.1) is 33.8 Å². The quantitative estimate of drug-likeness (QED) is 0.372. The van der Waals surface area contributed by atoms with Gasteiger partial charge in [-0.15, -0.1) is 6.92 Å². The van der Waals surface area contributed by atoms with Gasteiger partial charge in [0, 0.05) is 9.52 Å². The van der Waals surface area contributed by atoms with Crippen LogP contribution in [-0.4, -0.2) is 9.52 Å². The summed E-state index contributed by atoms with van der Waals surface area (Å²) in [6, 6.07) is 2.24. The molecule has 22 heavy (non-hydrogen) atoms. The van der Waals surface area contributed by atoms with Crippen molar-refractivity contribution in [3.05, 3.63) is 51.6 Å². The van der Waals surface area contributed by atoms with Gasteiger partial charge in [0.2, 0.25) is 0 Å². The second-order valence-corrected chi connectivity index (χ2v) is 6.45. The third kappa shape index (κ3) is 11.1. The van der Waals surface area contributed by atoms with Crippen LogP contribution in [0.1, 0.15) is 42.5 Å². The Bertz CT molecular complexity index is 437. The Morgan fingerprint density at radius 3 is 1.36 bits per heavy atom. The van der Waals surface area contributed by atoms with Crippen molar-refractivity contribution in [3.8, 4) is 0 Å². The number of halogens is 2. The van der Waals surface area contributed by atoms with Crippen LogP contribution in [0.4, 0.5) is 0 Å². The molecule has 0 atom stereocenters. The standard InChI is InChI=1S/C9H13.C7H9.C2H7Si.2ClH.Zr/c1-6-5-7(2)9(4)8(6)3;1-6-4-3-5-7(6)2;1-3-2;;;/h5H,1-4H3;3H,4H2,1-2H3;3H,1-2H3;2*1H;/q2*-1;;;;+4/p-2. The molecule has 1 aliphatic rings. The molecular weight excluding hydrogens is 406 g/mol. The van der Waals surface area contributed by atoms with Crippen LogP contribution in [0.25, 0.3) is 0 Å². The molecular formula is C18H29Cl2SiZr. The van der Waals surface area contributed by atoms with Gasteiger partial charge in [-0.3, -0.25) is 6.08 Å². The first-order valence-electron chi connectivity index (χ1n) is 7.03. The Kier molecular flexibility index (Phi) is 22.6. The van der Waals surface area contributed by atoms with E-state index in [2.05, 4.69) is 72.9 Å². The first-order valence-corrected chi connectivity index (χ1v) is 9.34. The van der Waals surface area contributed by atoms with Crippen molar-refractivity contribution >= 4 is 9.52 Å². The van der Waals surface area contributed by atoms with Gasteiger partial charge in [0.05, 0.1) is 0 Å². The van der Waals surface area contributed by atoms with E-state index in [1.807, 2.05) is 0 Å². The summed E-state index contributed by atoms with van der Waals surface area (Å²) in [5.74, 6) is 0. The monoisotopic (exact) mass is 433 g/mol. The summed E-state index contributed by atoms with van der Waals surface area (Å²) in [4.78, 5) is 0. The van der Waals surface area contributed by atoms with E-state index in [-0.39, 0.29) is 51.0 Å². The molecule has 0 bridgehead atoms. The summed E-state index contributed by atoms with van der Waals surface area (Å²) in [5.41, 5.74) is 8.52. The predicted molar refractivity (Wildman–Crippen MR) is 90.7 cm³/mol. The topological polar surface area (TPSA) is 0 Å². The van der Waals surface area contributed by atoms with Gasteiger partial charge in [0.15, 0.2) is 0 Å². The molecule has 1 aliphatic carbocycles. The number of hydrogen-bond donors (Lipinski definition) is 0. The van der Waals surface area contributed by atoms with Gasteiger partial charge in [-0.05, 0) is 0 Å². The molecule has 1 aromatic rings. The van der Waals surface area contributed by atoms with E-state index < -0.39 is 0 Å². The Morgan fingerprint density at radius 2 is 1.27 bits per heavy atom. The molecule has 0 fully saturated rings. The van der Waals surface area contributed by atoms with Crippen molar-refractivity contribution in [2.24, 2.45) is 0 Å². The minimum atomic E-state index is 0. The number of rotatable bonds is 0. The van der Waals surface area contributed by atoms with Gasteiger partial charge in [-0.25, -0.2) is 11.1 Å². The maximum atomic E-state index is 3.12. The van der Waals surface area contributed by atoms with Crippen LogP contribution in [0.5, 0.6) is 0 Å². The molecule has 123 valence electrons.